The van der Waals surface area contributed by atoms with Crippen molar-refractivity contribution >= 4 is 17.6 Å². The van der Waals surface area contributed by atoms with Crippen LogP contribution in [0.3, 0.4) is 0 Å². The average Bonchev–Trinajstić information content (AvgIpc) is 3.46. The van der Waals surface area contributed by atoms with E-state index in [0.29, 0.717) is 17.1 Å². The van der Waals surface area contributed by atoms with Gasteiger partial charge in [0, 0.05) is 6.54 Å². The van der Waals surface area contributed by atoms with Crippen molar-refractivity contribution in [2.24, 2.45) is 0 Å². The first kappa shape index (κ1) is 24.6. The van der Waals surface area contributed by atoms with Gasteiger partial charge in [0.25, 0.3) is 22.9 Å². The van der Waals surface area contributed by atoms with Gasteiger partial charge in [-0.2, -0.15) is 13.2 Å². The number of carbonyl (C=O) groups excluding carboxylic acids is 2. The second-order valence-corrected chi connectivity index (χ2v) is 7.71. The first-order chi connectivity index (χ1) is 17.0. The molecule has 0 fully saturated rings. The highest BCUT2D eigenvalue weighted by Gasteiger charge is 2.68. The molecule has 0 aliphatic carbocycles. The number of aryl methyl sites for hydroxylation is 1. The highest BCUT2D eigenvalue weighted by Crippen LogP contribution is 2.45. The first-order valence-electron chi connectivity index (χ1n) is 10.4. The van der Waals surface area contributed by atoms with E-state index in [1.54, 1.807) is 23.5 Å². The summed E-state index contributed by atoms with van der Waals surface area (Å²) in [6.45, 7) is -0.228. The number of anilines is 1. The molecule has 0 unspecified atom stereocenters. The Morgan fingerprint density at radius 2 is 1.86 bits per heavy atom. The zero-order valence-corrected chi connectivity index (χ0v) is 18.8. The number of rotatable bonds is 7. The molecule has 3 heterocycles. The predicted molar refractivity (Wildman–Crippen MR) is 117 cm³/mol. The molecule has 0 saturated heterocycles. The zero-order valence-electron chi connectivity index (χ0n) is 18.8. The Kier molecular flexibility index (Phi) is 6.12. The maximum Gasteiger partial charge on any atom is 0.425 e. The molecule has 1 aromatic carbocycles. The van der Waals surface area contributed by atoms with E-state index in [9.17, 15) is 32.3 Å². The van der Waals surface area contributed by atoms with Crippen molar-refractivity contribution in [2.75, 3.05) is 19.5 Å². The summed E-state index contributed by atoms with van der Waals surface area (Å²) in [6.07, 6.45) is -4.30. The van der Waals surface area contributed by atoms with Gasteiger partial charge in [-0.25, -0.2) is 4.79 Å². The largest absolute Gasteiger partial charge is 0.493 e. The van der Waals surface area contributed by atoms with Crippen LogP contribution in [-0.4, -0.2) is 41.8 Å². The second-order valence-electron chi connectivity index (χ2n) is 7.71. The molecule has 0 bridgehead atoms. The van der Waals surface area contributed by atoms with Crippen LogP contribution < -0.4 is 31.4 Å². The molecule has 3 aromatic rings. The summed E-state index contributed by atoms with van der Waals surface area (Å²) in [6, 6.07) is 7.21. The number of benzene rings is 1. The molecule has 1 atom stereocenters. The molecule has 190 valence electrons. The average molecular weight is 508 g/mol. The number of methoxy groups -OCH3 is 2. The van der Waals surface area contributed by atoms with E-state index in [-0.39, 0.29) is 13.0 Å². The molecule has 0 saturated carbocycles. The van der Waals surface area contributed by atoms with E-state index in [1.807, 2.05) is 10.3 Å². The Morgan fingerprint density at radius 1 is 1.14 bits per heavy atom. The summed E-state index contributed by atoms with van der Waals surface area (Å²) in [7, 11) is 2.87. The molecule has 1 aliphatic rings. The Morgan fingerprint density at radius 3 is 2.47 bits per heavy atom. The quantitative estimate of drug-likeness (QED) is 0.439. The Bertz CT molecular complexity index is 1440. The van der Waals surface area contributed by atoms with Gasteiger partial charge in [-0.05, 0) is 36.2 Å². The van der Waals surface area contributed by atoms with Crippen molar-refractivity contribution in [1.82, 2.24) is 14.9 Å². The van der Waals surface area contributed by atoms with Crippen LogP contribution in [0.25, 0.3) is 0 Å². The lowest BCUT2D eigenvalue weighted by Gasteiger charge is -2.29. The number of fused-ring (bicyclic) bond motifs is 1. The minimum absolute atomic E-state index is 0.104. The second kappa shape index (κ2) is 8.94. The molecule has 2 amide bonds. The smallest absolute Gasteiger partial charge is 0.425 e. The Hall–Kier alpha value is -4.49. The maximum absolute atomic E-state index is 14.4. The van der Waals surface area contributed by atoms with Gasteiger partial charge in [0.1, 0.15) is 11.4 Å². The number of aromatic amines is 1. The minimum Gasteiger partial charge on any atom is -0.493 e. The molecular weight excluding hydrogens is 489 g/mol. The van der Waals surface area contributed by atoms with Crippen molar-refractivity contribution in [3.63, 3.8) is 0 Å². The van der Waals surface area contributed by atoms with Crippen LogP contribution in [-0.2, 0) is 23.3 Å². The number of halogens is 3. The summed E-state index contributed by atoms with van der Waals surface area (Å²) in [5, 5.41) is 3.56. The molecule has 11 nitrogen and oxygen atoms in total. The van der Waals surface area contributed by atoms with Crippen molar-refractivity contribution < 1.29 is 36.7 Å². The van der Waals surface area contributed by atoms with E-state index >= 15 is 0 Å². The molecule has 0 spiro atoms. The number of ether oxygens (including phenoxy) is 2. The van der Waals surface area contributed by atoms with Crippen LogP contribution in [0.1, 0.15) is 21.7 Å². The Labute approximate surface area is 199 Å². The van der Waals surface area contributed by atoms with E-state index in [2.05, 4.69) is 0 Å². The van der Waals surface area contributed by atoms with Crippen LogP contribution in [0, 0.1) is 0 Å². The normalized spacial score (nSPS) is 16.9. The number of nitrogens with zero attached hydrogens (tertiary/aromatic N) is 1. The van der Waals surface area contributed by atoms with Crippen molar-refractivity contribution in [3.05, 3.63) is 74.3 Å². The van der Waals surface area contributed by atoms with E-state index in [0.717, 1.165) is 16.9 Å². The fourth-order valence-corrected chi connectivity index (χ4v) is 3.95. The highest BCUT2D eigenvalue weighted by atomic mass is 19.4. The molecule has 2 aromatic heterocycles. The molecule has 14 heteroatoms. The number of nitrogens with one attached hydrogen (secondary N) is 3. The standard InChI is InChI=1S/C22H19F3N4O7/c1-34-12-6-5-11(10-14(12)35-2)7-8-29-16-15(18(31)27-20(29)33)21(19(32)26-16,22(23,24)25)28-17(30)13-4-3-9-36-13/h3-6,9-10H,7-8H2,1-2H3,(H,26,32)(H,28,30)(H,27,31,33)/t21-/m1/s1. The van der Waals surface area contributed by atoms with Gasteiger partial charge in [-0.1, -0.05) is 6.07 Å². The van der Waals surface area contributed by atoms with Gasteiger partial charge < -0.3 is 24.5 Å². The van der Waals surface area contributed by atoms with Gasteiger partial charge in [-0.3, -0.25) is 23.9 Å². The lowest BCUT2D eigenvalue weighted by Crippen LogP contribution is -2.62. The number of aromatic nitrogens is 2. The van der Waals surface area contributed by atoms with Gasteiger partial charge in [0.2, 0.25) is 0 Å². The van der Waals surface area contributed by atoms with Gasteiger partial charge >= 0.3 is 11.9 Å². The van der Waals surface area contributed by atoms with Crippen LogP contribution in [0.2, 0.25) is 0 Å². The van der Waals surface area contributed by atoms with Crippen LogP contribution in [0.4, 0.5) is 19.0 Å². The number of hydrogen-bond acceptors (Lipinski definition) is 7. The topological polar surface area (TPSA) is 145 Å². The van der Waals surface area contributed by atoms with Crippen LogP contribution >= 0.6 is 0 Å². The third-order valence-corrected chi connectivity index (χ3v) is 5.69. The Balaban J connectivity index is 1.78. The number of furan rings is 1. The van der Waals surface area contributed by atoms with Crippen LogP contribution in [0.5, 0.6) is 11.5 Å². The fourth-order valence-electron chi connectivity index (χ4n) is 3.95. The molecule has 3 N–H and O–H groups in total. The predicted octanol–water partition coefficient (Wildman–Crippen LogP) is 1.53. The molecular formula is C22H19F3N4O7. The molecule has 1 aliphatic heterocycles. The summed E-state index contributed by atoms with van der Waals surface area (Å²) >= 11 is 0. The number of amides is 2. The number of hydrogen-bond donors (Lipinski definition) is 3. The highest BCUT2D eigenvalue weighted by molar-refractivity contribution is 6.08. The lowest BCUT2D eigenvalue weighted by atomic mass is 9.91. The summed E-state index contributed by atoms with van der Waals surface area (Å²) in [4.78, 5) is 52.2. The summed E-state index contributed by atoms with van der Waals surface area (Å²) in [5.74, 6) is -3.50. The van der Waals surface area contributed by atoms with Gasteiger partial charge in [0.15, 0.2) is 17.3 Å². The molecule has 4 rings (SSSR count). The summed E-state index contributed by atoms with van der Waals surface area (Å²) in [5.41, 5.74) is -6.83. The third kappa shape index (κ3) is 3.89. The number of carbonyl (C=O) groups is 2. The third-order valence-electron chi connectivity index (χ3n) is 5.69. The monoisotopic (exact) mass is 508 g/mol. The fraction of sp³-hybridized carbons (Fsp3) is 0.273. The summed E-state index contributed by atoms with van der Waals surface area (Å²) < 4.78 is 59.2. The number of H-pyrrole nitrogens is 1. The number of alkyl halides is 3. The molecule has 36 heavy (non-hydrogen) atoms. The maximum atomic E-state index is 14.4. The van der Waals surface area contributed by atoms with E-state index in [1.165, 1.54) is 20.3 Å². The SMILES string of the molecule is COc1ccc(CCn2c3c(c(=O)[nH]c2=O)[C@](NC(=O)c2ccco2)(C(F)(F)F)C(=O)N3)cc1OC. The van der Waals surface area contributed by atoms with E-state index < -0.39 is 51.9 Å². The van der Waals surface area contributed by atoms with Crippen molar-refractivity contribution in [3.8, 4) is 11.5 Å². The lowest BCUT2D eigenvalue weighted by molar-refractivity contribution is -0.196. The van der Waals surface area contributed by atoms with Gasteiger partial charge in [-0.15, -0.1) is 0 Å². The zero-order chi connectivity index (χ0) is 26.3. The van der Waals surface area contributed by atoms with Crippen molar-refractivity contribution in [2.45, 2.75) is 24.7 Å². The first-order valence-corrected chi connectivity index (χ1v) is 10.4. The van der Waals surface area contributed by atoms with Crippen LogP contribution in [0.15, 0.2) is 50.6 Å². The van der Waals surface area contributed by atoms with Crippen molar-refractivity contribution in [1.29, 1.82) is 0 Å². The molecule has 0 radical (unpaired) electrons. The minimum atomic E-state index is -5.46. The van der Waals surface area contributed by atoms with Gasteiger partial charge in [0.05, 0.1) is 20.5 Å². The van der Waals surface area contributed by atoms with E-state index in [4.69, 9.17) is 13.9 Å².